The molecule has 2 rings (SSSR count). The fourth-order valence-corrected chi connectivity index (χ4v) is 1.38. The van der Waals surface area contributed by atoms with Gasteiger partial charge in [-0.1, -0.05) is 18.2 Å². The number of halogens is 6. The van der Waals surface area contributed by atoms with E-state index in [-0.39, 0.29) is 17.1 Å². The van der Waals surface area contributed by atoms with Crippen molar-refractivity contribution >= 4 is 13.5 Å². The molecule has 10 heteroatoms. The Labute approximate surface area is 155 Å². The number of nitrogens with one attached hydrogen (secondary N) is 1. The van der Waals surface area contributed by atoms with Crippen molar-refractivity contribution in [3.63, 3.8) is 0 Å². The topological polar surface area (TPSA) is 38.0 Å². The van der Waals surface area contributed by atoms with Gasteiger partial charge < -0.3 is 11.1 Å². The molecule has 5 radical (unpaired) electrons. The van der Waals surface area contributed by atoms with Crippen molar-refractivity contribution in [3.8, 4) is 0 Å². The minimum Gasteiger partial charge on any atom is -0.385 e. The van der Waals surface area contributed by atoms with Gasteiger partial charge in [0, 0.05) is 12.2 Å². The van der Waals surface area contributed by atoms with Crippen LogP contribution in [0.15, 0.2) is 30.3 Å². The van der Waals surface area contributed by atoms with Gasteiger partial charge >= 0.3 is 50.1 Å². The molecule has 0 amide bonds. The van der Waals surface area contributed by atoms with Crippen molar-refractivity contribution in [1.29, 1.82) is 0 Å². The molecule has 0 atom stereocenters. The average Bonchev–Trinajstić information content (AvgIpc) is 3.01. The van der Waals surface area contributed by atoms with Crippen LogP contribution < -0.4 is 11.1 Å². The first kappa shape index (κ1) is 26.7. The third-order valence-electron chi connectivity index (χ3n) is 2.29. The molecule has 1 aliphatic rings. The van der Waals surface area contributed by atoms with Gasteiger partial charge in [-0.3, -0.25) is 0 Å². The van der Waals surface area contributed by atoms with Gasteiger partial charge in [0.15, 0.2) is 0 Å². The Kier molecular flexibility index (Phi) is 12.1. The van der Waals surface area contributed by atoms with Crippen LogP contribution in [0.2, 0.25) is 0 Å². The van der Waals surface area contributed by atoms with Crippen molar-refractivity contribution in [2.24, 2.45) is 5.73 Å². The van der Waals surface area contributed by atoms with E-state index in [2.05, 4.69) is 17.4 Å². The molecule has 1 aromatic carbocycles. The second kappa shape index (κ2) is 11.3. The summed E-state index contributed by atoms with van der Waals surface area (Å²) in [4.78, 5) is 0. The summed E-state index contributed by atoms with van der Waals surface area (Å²) in [7, 11) is -10.7. The van der Waals surface area contributed by atoms with E-state index in [1.165, 1.54) is 5.69 Å². The first-order valence-corrected chi connectivity index (χ1v) is 9.13. The van der Waals surface area contributed by atoms with Crippen LogP contribution in [0.1, 0.15) is 12.8 Å². The first-order valence-electron chi connectivity index (χ1n) is 7.10. The summed E-state index contributed by atoms with van der Waals surface area (Å²) >= 11 is 0. The number of benzene rings is 1. The molecule has 0 heterocycles. The zero-order valence-electron chi connectivity index (χ0n) is 13.2. The Bertz CT molecular complexity index is 418. The summed E-state index contributed by atoms with van der Waals surface area (Å²) in [6.07, 6.45) is 12.2. The number of unbranched alkanes of at least 4 members (excludes halogenated alkanes) is 1. The number of para-hydroxylation sites is 1. The molecule has 0 bridgehead atoms. The fourth-order valence-electron chi connectivity index (χ4n) is 1.38. The quantitative estimate of drug-likeness (QED) is 0.251. The predicted molar refractivity (Wildman–Crippen MR) is 88.3 cm³/mol. The van der Waals surface area contributed by atoms with E-state index < -0.39 is 7.81 Å². The predicted octanol–water partition coefficient (Wildman–Crippen LogP) is 6.24. The van der Waals surface area contributed by atoms with Crippen molar-refractivity contribution in [2.75, 3.05) is 18.4 Å². The van der Waals surface area contributed by atoms with Gasteiger partial charge in [0.1, 0.15) is 0 Å². The third kappa shape index (κ3) is 31.7. The maximum Gasteiger partial charge on any atom is 2.00 e. The Hall–Kier alpha value is -0.491. The van der Waals surface area contributed by atoms with Crippen molar-refractivity contribution in [2.45, 2.75) is 12.8 Å². The number of rotatable bonds is 5. The van der Waals surface area contributed by atoms with Crippen molar-refractivity contribution < 1.29 is 42.3 Å². The monoisotopic (exact) mass is 430 g/mol. The van der Waals surface area contributed by atoms with Crippen LogP contribution >= 0.6 is 7.81 Å². The second-order valence-corrected chi connectivity index (χ2v) is 6.63. The Morgan fingerprint density at radius 2 is 1.16 bits per heavy atom. The third-order valence-corrected chi connectivity index (χ3v) is 2.29. The van der Waals surface area contributed by atoms with Gasteiger partial charge in [-0.05, 0) is 63.6 Å². The minimum absolute atomic E-state index is 0. The largest absolute Gasteiger partial charge is 2.00 e. The molecule has 0 unspecified atom stereocenters. The summed E-state index contributed by atoms with van der Waals surface area (Å²) < 4.78 is 59.2. The molecule has 0 aliphatic heterocycles. The molecular weight excluding hydrogens is 409 g/mol. The normalized spacial score (nSPS) is 16.0. The molecule has 25 heavy (non-hydrogen) atoms. The fraction of sp³-hybridized carbons (Fsp3) is 0.267. The smallest absolute Gasteiger partial charge is 0.385 e. The van der Waals surface area contributed by atoms with E-state index in [0.29, 0.717) is 0 Å². The number of nitrogens with two attached hydrogens (primary N) is 1. The Morgan fingerprint density at radius 3 is 1.52 bits per heavy atom. The Balaban J connectivity index is 0. The maximum absolute atomic E-state index is 10.7. The molecule has 1 fully saturated rings. The van der Waals surface area contributed by atoms with Gasteiger partial charge in [-0.15, -0.1) is 0 Å². The van der Waals surface area contributed by atoms with Crippen LogP contribution in [0.4, 0.5) is 30.9 Å². The van der Waals surface area contributed by atoms with Crippen LogP contribution in [0.5, 0.6) is 0 Å². The molecule has 1 saturated carbocycles. The van der Waals surface area contributed by atoms with Crippen molar-refractivity contribution in [3.05, 3.63) is 62.4 Å². The summed E-state index contributed by atoms with van der Waals surface area (Å²) in [5, 5.41) is 3.32. The van der Waals surface area contributed by atoms with Gasteiger partial charge in [0.2, 0.25) is 0 Å². The number of anilines is 1. The SMILES string of the molecule is F[P-](F)(F)(F)(F)F.NCCCCNc1ccccc1.[CH]1[CH][CH][CH][CH]1.[Fe+2]. The van der Waals surface area contributed by atoms with Crippen LogP contribution in [-0.4, -0.2) is 13.1 Å². The summed E-state index contributed by atoms with van der Waals surface area (Å²) in [5.41, 5.74) is 6.57. The zero-order valence-corrected chi connectivity index (χ0v) is 15.2. The van der Waals surface area contributed by atoms with Gasteiger partial charge in [0.25, 0.3) is 0 Å². The molecule has 0 aromatic heterocycles. The molecule has 1 aliphatic carbocycles. The zero-order chi connectivity index (χ0) is 18.6. The number of hydrogen-bond acceptors (Lipinski definition) is 2. The molecule has 2 nitrogen and oxygen atoms in total. The van der Waals surface area contributed by atoms with E-state index in [1.807, 2.05) is 50.3 Å². The van der Waals surface area contributed by atoms with Gasteiger partial charge in [-0.2, -0.15) is 0 Å². The first-order chi connectivity index (χ1) is 10.9. The van der Waals surface area contributed by atoms with Crippen LogP contribution in [0.25, 0.3) is 0 Å². The van der Waals surface area contributed by atoms with Crippen LogP contribution in [0.3, 0.4) is 0 Å². The van der Waals surface area contributed by atoms with Crippen LogP contribution in [0, 0.1) is 32.1 Å². The van der Waals surface area contributed by atoms with Crippen molar-refractivity contribution in [1.82, 2.24) is 0 Å². The molecular formula is C15H21F6FeN2P+. The van der Waals surface area contributed by atoms with E-state index in [1.54, 1.807) is 0 Å². The average molecular weight is 430 g/mol. The molecule has 145 valence electrons. The van der Waals surface area contributed by atoms with Gasteiger partial charge in [0.05, 0.1) is 0 Å². The minimum atomic E-state index is -10.7. The van der Waals surface area contributed by atoms with E-state index in [4.69, 9.17) is 5.73 Å². The molecule has 1 aromatic rings. The summed E-state index contributed by atoms with van der Waals surface area (Å²) in [6, 6.07) is 10.2. The van der Waals surface area contributed by atoms with E-state index in [0.717, 1.165) is 25.9 Å². The summed E-state index contributed by atoms with van der Waals surface area (Å²) in [5.74, 6) is 0. The Morgan fingerprint density at radius 1 is 0.760 bits per heavy atom. The molecule has 3 N–H and O–H groups in total. The maximum atomic E-state index is 9.87. The molecule has 0 spiro atoms. The van der Waals surface area contributed by atoms with Gasteiger partial charge in [-0.25, -0.2) is 0 Å². The summed E-state index contributed by atoms with van der Waals surface area (Å²) in [6.45, 7) is 1.80. The second-order valence-electron chi connectivity index (χ2n) is 4.71. The molecule has 0 saturated heterocycles. The standard InChI is InChI=1S/C10H16N2.C5H5.F6P.Fe/c11-8-4-5-9-12-10-6-2-1-3-7-10;1-2-4-5-3-1;1-7(2,3,4,5)6;/h1-3,6-7,12H,4-5,8-9,11H2;1-5H;;/q;;-1;+2. The van der Waals surface area contributed by atoms with Crippen LogP contribution in [-0.2, 0) is 17.1 Å². The van der Waals surface area contributed by atoms with E-state index in [9.17, 15) is 25.2 Å². The number of hydrogen-bond donors (Lipinski definition) is 2. The van der Waals surface area contributed by atoms with E-state index >= 15 is 0 Å².